The summed E-state index contributed by atoms with van der Waals surface area (Å²) in [4.78, 5) is 10.7. The zero-order valence-electron chi connectivity index (χ0n) is 15.5. The van der Waals surface area contributed by atoms with Gasteiger partial charge in [-0.1, -0.05) is 69.1 Å². The van der Waals surface area contributed by atoms with Crippen LogP contribution >= 0.6 is 27.5 Å². The summed E-state index contributed by atoms with van der Waals surface area (Å²) in [5, 5.41) is 0.454. The molecule has 1 rings (SSSR count). The van der Waals surface area contributed by atoms with Crippen LogP contribution in [0.15, 0.2) is 12.1 Å². The van der Waals surface area contributed by atoms with Gasteiger partial charge in [-0.15, -0.1) is 0 Å². The summed E-state index contributed by atoms with van der Waals surface area (Å²) in [6.07, 6.45) is 0.815. The highest BCUT2D eigenvalue weighted by Crippen LogP contribution is 2.45. The van der Waals surface area contributed by atoms with Crippen molar-refractivity contribution in [3.8, 4) is 11.5 Å². The van der Waals surface area contributed by atoms with Crippen molar-refractivity contribution in [3.63, 3.8) is 0 Å². The lowest BCUT2D eigenvalue weighted by Gasteiger charge is -2.42. The van der Waals surface area contributed by atoms with Crippen LogP contribution in [0.25, 0.3) is 0 Å². The first-order chi connectivity index (χ1) is 11.1. The number of rotatable bonds is 8. The Morgan fingerprint density at radius 2 is 1.58 bits per heavy atom. The number of aldehydes is 1. The van der Waals surface area contributed by atoms with E-state index in [-0.39, 0.29) is 0 Å². The molecule has 1 aromatic carbocycles. The molecule has 0 aliphatic carbocycles. The van der Waals surface area contributed by atoms with E-state index in [9.17, 15) is 4.79 Å². The van der Waals surface area contributed by atoms with E-state index in [1.807, 2.05) is 6.07 Å². The molecule has 1 unspecified atom stereocenters. The Bertz CT molecular complexity index is 554. The zero-order valence-corrected chi connectivity index (χ0v) is 18.9. The fraction of sp³-hybridized carbons (Fsp3) is 0.611. The van der Waals surface area contributed by atoms with Crippen LogP contribution in [-0.2, 0) is 4.79 Å². The SMILES string of the molecule is COc1c(Cl)cc(O[Si](C(C)C)(C(C)C)C(C)C)cc1C(Br)C=O. The van der Waals surface area contributed by atoms with Gasteiger partial charge in [-0.2, -0.15) is 0 Å². The van der Waals surface area contributed by atoms with E-state index in [0.717, 1.165) is 6.29 Å². The van der Waals surface area contributed by atoms with Crippen molar-refractivity contribution in [3.05, 3.63) is 22.7 Å². The largest absolute Gasteiger partial charge is 0.543 e. The van der Waals surface area contributed by atoms with Gasteiger partial charge in [0.2, 0.25) is 0 Å². The smallest absolute Gasteiger partial charge is 0.258 e. The first-order valence-corrected chi connectivity index (χ1v) is 11.7. The Kier molecular flexibility index (Phi) is 7.82. The molecule has 136 valence electrons. The molecule has 0 spiro atoms. The molecule has 24 heavy (non-hydrogen) atoms. The van der Waals surface area contributed by atoms with Gasteiger partial charge in [0.1, 0.15) is 17.8 Å². The molecule has 0 bridgehead atoms. The maximum atomic E-state index is 11.2. The first-order valence-electron chi connectivity index (χ1n) is 8.27. The number of hydrogen-bond acceptors (Lipinski definition) is 3. The van der Waals surface area contributed by atoms with E-state index in [1.54, 1.807) is 13.2 Å². The molecule has 0 heterocycles. The van der Waals surface area contributed by atoms with Crippen LogP contribution in [0, 0.1) is 0 Å². The molecule has 1 atom stereocenters. The summed E-state index contributed by atoms with van der Waals surface area (Å²) in [7, 11) is -0.543. The summed E-state index contributed by atoms with van der Waals surface area (Å²) in [6, 6.07) is 3.66. The highest BCUT2D eigenvalue weighted by molar-refractivity contribution is 9.09. The summed E-state index contributed by atoms with van der Waals surface area (Å²) in [6.45, 7) is 13.4. The fourth-order valence-electron chi connectivity index (χ4n) is 3.70. The molecule has 6 heteroatoms. The van der Waals surface area contributed by atoms with E-state index in [2.05, 4.69) is 57.5 Å². The van der Waals surface area contributed by atoms with E-state index in [0.29, 0.717) is 38.7 Å². The first kappa shape index (κ1) is 21.5. The molecule has 0 radical (unpaired) electrons. The number of methoxy groups -OCH3 is 1. The fourth-order valence-corrected chi connectivity index (χ4v) is 9.57. The van der Waals surface area contributed by atoms with Gasteiger partial charge in [0, 0.05) is 11.6 Å². The number of ether oxygens (including phenoxy) is 1. The van der Waals surface area contributed by atoms with Gasteiger partial charge in [-0.3, -0.25) is 0 Å². The van der Waals surface area contributed by atoms with E-state index < -0.39 is 13.1 Å². The lowest BCUT2D eigenvalue weighted by Crippen LogP contribution is -2.50. The van der Waals surface area contributed by atoms with Crippen LogP contribution < -0.4 is 9.16 Å². The predicted molar refractivity (Wildman–Crippen MR) is 107 cm³/mol. The Morgan fingerprint density at radius 1 is 1.08 bits per heavy atom. The molecule has 0 N–H and O–H groups in total. The zero-order chi connectivity index (χ0) is 18.7. The second kappa shape index (κ2) is 8.72. The number of hydrogen-bond donors (Lipinski definition) is 0. The predicted octanol–water partition coefficient (Wildman–Crippen LogP) is 6.54. The summed E-state index contributed by atoms with van der Waals surface area (Å²) < 4.78 is 12.0. The van der Waals surface area contributed by atoms with Crippen molar-refractivity contribution in [1.82, 2.24) is 0 Å². The Labute approximate surface area is 160 Å². The van der Waals surface area contributed by atoms with Crippen LogP contribution in [0.2, 0.25) is 21.6 Å². The van der Waals surface area contributed by atoms with E-state index in [1.165, 1.54) is 0 Å². The van der Waals surface area contributed by atoms with Crippen LogP contribution in [0.5, 0.6) is 11.5 Å². The van der Waals surface area contributed by atoms with Gasteiger partial charge in [-0.25, -0.2) is 0 Å². The second-order valence-electron chi connectivity index (χ2n) is 6.99. The number of carbonyl (C=O) groups is 1. The molecule has 0 aromatic heterocycles. The van der Waals surface area contributed by atoms with Gasteiger partial charge < -0.3 is 14.0 Å². The lowest BCUT2D eigenvalue weighted by molar-refractivity contribution is -0.107. The third-order valence-electron chi connectivity index (χ3n) is 4.67. The number of carbonyl (C=O) groups excluding carboxylic acids is 1. The van der Waals surface area contributed by atoms with Crippen LogP contribution in [0.4, 0.5) is 0 Å². The number of alkyl halides is 1. The maximum absolute atomic E-state index is 11.2. The average Bonchev–Trinajstić information content (AvgIpc) is 2.50. The van der Waals surface area contributed by atoms with E-state index >= 15 is 0 Å². The van der Waals surface area contributed by atoms with Crippen molar-refractivity contribution >= 4 is 42.1 Å². The Balaban J connectivity index is 3.45. The highest BCUT2D eigenvalue weighted by Gasteiger charge is 2.47. The van der Waals surface area contributed by atoms with Crippen molar-refractivity contribution in [2.24, 2.45) is 0 Å². The van der Waals surface area contributed by atoms with Crippen LogP contribution in [-0.4, -0.2) is 21.7 Å². The second-order valence-corrected chi connectivity index (χ2v) is 13.8. The normalized spacial score (nSPS) is 13.5. The van der Waals surface area contributed by atoms with Crippen molar-refractivity contribution in [2.75, 3.05) is 7.11 Å². The Hall–Kier alpha value is -0.523. The summed E-state index contributed by atoms with van der Waals surface area (Å²) in [5.74, 6) is 1.22. The van der Waals surface area contributed by atoms with Crippen LogP contribution in [0.3, 0.4) is 0 Å². The third-order valence-corrected chi connectivity index (χ3v) is 11.7. The molecule has 0 saturated heterocycles. The average molecular weight is 436 g/mol. The molecule has 0 aliphatic heterocycles. The van der Waals surface area contributed by atoms with Gasteiger partial charge in [0.15, 0.2) is 0 Å². The molecule has 0 fully saturated rings. The molecule has 3 nitrogen and oxygen atoms in total. The Morgan fingerprint density at radius 3 is 1.96 bits per heavy atom. The van der Waals surface area contributed by atoms with Crippen LogP contribution in [0.1, 0.15) is 51.9 Å². The van der Waals surface area contributed by atoms with Crippen molar-refractivity contribution in [2.45, 2.75) is 63.0 Å². The van der Waals surface area contributed by atoms with E-state index in [4.69, 9.17) is 20.8 Å². The molecule has 1 aromatic rings. The van der Waals surface area contributed by atoms with Gasteiger partial charge in [0.25, 0.3) is 8.32 Å². The summed E-state index contributed by atoms with van der Waals surface area (Å²) >= 11 is 9.74. The van der Waals surface area contributed by atoms with Crippen molar-refractivity contribution < 1.29 is 14.0 Å². The molecule has 0 saturated carbocycles. The molecular weight excluding hydrogens is 408 g/mol. The monoisotopic (exact) mass is 434 g/mol. The molecule has 0 amide bonds. The maximum Gasteiger partial charge on any atom is 0.258 e. The minimum Gasteiger partial charge on any atom is -0.543 e. The van der Waals surface area contributed by atoms with Crippen molar-refractivity contribution in [1.29, 1.82) is 0 Å². The molecular formula is C18H28BrClO3Si. The standard InChI is InChI=1S/C18H28BrClO3Si/c1-11(2)24(12(3)4,13(5)6)23-14-8-15(16(19)10-21)18(22-7)17(20)9-14/h8-13,16H,1-7H3. The lowest BCUT2D eigenvalue weighted by atomic mass is 10.1. The van der Waals surface area contributed by atoms with Gasteiger partial charge in [-0.05, 0) is 22.7 Å². The third kappa shape index (κ3) is 4.17. The quantitative estimate of drug-likeness (QED) is 0.264. The van der Waals surface area contributed by atoms with Gasteiger partial charge >= 0.3 is 0 Å². The molecule has 0 aliphatic rings. The summed E-state index contributed by atoms with van der Waals surface area (Å²) in [5.41, 5.74) is 2.04. The topological polar surface area (TPSA) is 35.5 Å². The number of benzene rings is 1. The minimum absolute atomic E-state index is 0.452. The number of halogens is 2. The van der Waals surface area contributed by atoms with Gasteiger partial charge in [0.05, 0.1) is 17.0 Å². The highest BCUT2D eigenvalue weighted by atomic mass is 79.9. The minimum atomic E-state index is -2.09.